The van der Waals surface area contributed by atoms with Gasteiger partial charge in [0.25, 0.3) is 0 Å². The largest absolute Gasteiger partial charge is 0.457 e. The molecule has 0 saturated heterocycles. The second-order valence-corrected chi connectivity index (χ2v) is 8.35. The molecule has 4 rings (SSSR count). The topological polar surface area (TPSA) is 94.3 Å². The number of rotatable bonds is 7. The van der Waals surface area contributed by atoms with Crippen LogP contribution in [0.2, 0.25) is 0 Å². The molecule has 1 atom stereocenters. The molecule has 188 valence electrons. The molecule has 0 spiro atoms. The van der Waals surface area contributed by atoms with Crippen LogP contribution in [0, 0.1) is 13.8 Å². The predicted octanol–water partition coefficient (Wildman–Crippen LogP) is 6.05. The van der Waals surface area contributed by atoms with E-state index in [-0.39, 0.29) is 59.0 Å². The molecule has 1 amide bonds. The van der Waals surface area contributed by atoms with E-state index in [4.69, 9.17) is 10.5 Å². The van der Waals surface area contributed by atoms with E-state index in [0.29, 0.717) is 11.3 Å². The lowest BCUT2D eigenvalue weighted by Gasteiger charge is -2.16. The molecule has 0 saturated carbocycles. The van der Waals surface area contributed by atoms with E-state index in [1.54, 1.807) is 18.5 Å². The molecule has 0 aliphatic rings. The molecule has 0 radical (unpaired) electrons. The monoisotopic (exact) mass is 613 g/mol. The Labute approximate surface area is 231 Å². The number of ether oxygens (including phenoxy) is 1. The van der Waals surface area contributed by atoms with Crippen LogP contribution in [0.3, 0.4) is 0 Å². The highest BCUT2D eigenvalue weighted by Crippen LogP contribution is 2.22. The minimum atomic E-state index is -0.500. The molecule has 0 bridgehead atoms. The number of nitrogens with one attached hydrogen (secondary N) is 1. The number of fused-ring (bicyclic) bond motifs is 1. The van der Waals surface area contributed by atoms with Gasteiger partial charge in [-0.15, -0.1) is 34.0 Å². The minimum Gasteiger partial charge on any atom is -0.457 e. The average Bonchev–Trinajstić information content (AvgIpc) is 2.83. The lowest BCUT2D eigenvalue weighted by molar-refractivity contribution is -0.117. The molecule has 0 unspecified atom stereocenters. The van der Waals surface area contributed by atoms with Gasteiger partial charge in [0.15, 0.2) is 0 Å². The lowest BCUT2D eigenvalue weighted by Crippen LogP contribution is -2.27. The molecule has 8 heteroatoms. The van der Waals surface area contributed by atoms with Gasteiger partial charge >= 0.3 is 5.97 Å². The molecule has 0 fully saturated rings. The predicted molar refractivity (Wildman–Crippen MR) is 154 cm³/mol. The molecule has 36 heavy (non-hydrogen) atoms. The van der Waals surface area contributed by atoms with Gasteiger partial charge in [-0.05, 0) is 60.2 Å². The maximum absolute atomic E-state index is 12.9. The fourth-order valence-electron chi connectivity index (χ4n) is 3.90. The summed E-state index contributed by atoms with van der Waals surface area (Å²) < 4.78 is 5.48. The normalized spacial score (nSPS) is 11.1. The zero-order chi connectivity index (χ0) is 24.1. The number of aromatic nitrogens is 1. The van der Waals surface area contributed by atoms with E-state index in [0.717, 1.165) is 33.0 Å². The summed E-state index contributed by atoms with van der Waals surface area (Å²) in [5.41, 5.74) is 10.8. The number of nitrogens with two attached hydrogens (primary N) is 1. The van der Waals surface area contributed by atoms with Gasteiger partial charge in [0.05, 0.1) is 11.5 Å². The average molecular weight is 615 g/mol. The Hall–Kier alpha value is -3.07. The number of anilines is 1. The van der Waals surface area contributed by atoms with Gasteiger partial charge in [-0.25, -0.2) is 4.79 Å². The van der Waals surface area contributed by atoms with Crippen molar-refractivity contribution in [3.8, 4) is 0 Å². The first-order valence-corrected chi connectivity index (χ1v) is 11.1. The van der Waals surface area contributed by atoms with Crippen LogP contribution in [0.4, 0.5) is 5.69 Å². The molecule has 1 aromatic heterocycles. The number of carbonyl (C=O) groups excluding carboxylic acids is 2. The molecule has 3 N–H and O–H groups in total. The third kappa shape index (κ3) is 7.00. The first-order chi connectivity index (χ1) is 16.4. The Morgan fingerprint density at radius 1 is 0.944 bits per heavy atom. The second kappa shape index (κ2) is 13.3. The summed E-state index contributed by atoms with van der Waals surface area (Å²) in [4.78, 5) is 29.4. The van der Waals surface area contributed by atoms with Crippen molar-refractivity contribution >= 4 is 62.3 Å². The Morgan fingerprint density at radius 2 is 1.69 bits per heavy atom. The third-order valence-corrected chi connectivity index (χ3v) is 5.81. The van der Waals surface area contributed by atoms with Gasteiger partial charge in [-0.1, -0.05) is 48.0 Å². The highest BCUT2D eigenvalue weighted by atomic mass is 79.9. The van der Waals surface area contributed by atoms with E-state index in [2.05, 4.69) is 10.3 Å². The fourth-order valence-corrected chi connectivity index (χ4v) is 3.90. The van der Waals surface area contributed by atoms with Crippen molar-refractivity contribution in [1.29, 1.82) is 0 Å². The van der Waals surface area contributed by atoms with Crippen molar-refractivity contribution in [3.63, 3.8) is 0 Å². The maximum Gasteiger partial charge on any atom is 0.338 e. The van der Waals surface area contributed by atoms with E-state index in [1.807, 2.05) is 74.5 Å². The number of nitrogens with zero attached hydrogens (tertiary/aromatic N) is 1. The van der Waals surface area contributed by atoms with E-state index in [9.17, 15) is 9.59 Å². The number of amides is 1. The van der Waals surface area contributed by atoms with Crippen molar-refractivity contribution in [1.82, 2.24) is 4.98 Å². The first kappa shape index (κ1) is 29.2. The van der Waals surface area contributed by atoms with Crippen molar-refractivity contribution in [2.24, 2.45) is 5.73 Å². The minimum absolute atomic E-state index is 0. The molecule has 0 aliphatic carbocycles. The molecular formula is C28H29Br2N3O3. The molecule has 6 nitrogen and oxygen atoms in total. The lowest BCUT2D eigenvalue weighted by atomic mass is 9.97. The summed E-state index contributed by atoms with van der Waals surface area (Å²) in [6.07, 6.45) is 3.50. The van der Waals surface area contributed by atoms with E-state index < -0.39 is 5.92 Å². The van der Waals surface area contributed by atoms with Crippen LogP contribution in [0.15, 0.2) is 79.1 Å². The Balaban J connectivity index is 0.00000228. The molecule has 1 heterocycles. The number of aryl methyl sites for hydroxylation is 2. The van der Waals surface area contributed by atoms with Gasteiger partial charge in [0.2, 0.25) is 5.91 Å². The van der Waals surface area contributed by atoms with Crippen LogP contribution < -0.4 is 11.1 Å². The summed E-state index contributed by atoms with van der Waals surface area (Å²) >= 11 is 0. The van der Waals surface area contributed by atoms with Crippen LogP contribution in [0.1, 0.15) is 38.5 Å². The summed E-state index contributed by atoms with van der Waals surface area (Å²) in [6.45, 7) is 4.20. The number of benzene rings is 3. The van der Waals surface area contributed by atoms with Gasteiger partial charge < -0.3 is 15.8 Å². The summed E-state index contributed by atoms with van der Waals surface area (Å²) in [5, 5.41) is 4.96. The number of carbonyl (C=O) groups is 2. The smallest absolute Gasteiger partial charge is 0.338 e. The zero-order valence-electron chi connectivity index (χ0n) is 20.1. The molecule has 0 aliphatic heterocycles. The Morgan fingerprint density at radius 3 is 2.39 bits per heavy atom. The second-order valence-electron chi connectivity index (χ2n) is 8.35. The van der Waals surface area contributed by atoms with Crippen LogP contribution in [0.25, 0.3) is 10.8 Å². The quantitative estimate of drug-likeness (QED) is 0.247. The maximum atomic E-state index is 12.9. The van der Waals surface area contributed by atoms with Crippen LogP contribution in [-0.2, 0) is 16.1 Å². The van der Waals surface area contributed by atoms with Crippen LogP contribution in [0.5, 0.6) is 0 Å². The highest BCUT2D eigenvalue weighted by molar-refractivity contribution is 8.93. The number of pyridine rings is 1. The number of hydrogen-bond donors (Lipinski definition) is 2. The van der Waals surface area contributed by atoms with E-state index in [1.165, 1.54) is 0 Å². The standard InChI is InChI=1S/C28H27N3O3.2BrH/c1-18-3-10-25(19(2)13-18)28(33)34-17-20-4-6-21(7-5-20)26(15-29)27(32)31-24-9-8-23-16-30-12-11-22(23)14-24;;/h3-14,16,26H,15,17,29H2,1-2H3,(H,31,32);2*1H/t26-;;/m1../s1. The molecule has 3 aromatic carbocycles. The van der Waals surface area contributed by atoms with Crippen molar-refractivity contribution in [3.05, 3.63) is 107 Å². The van der Waals surface area contributed by atoms with Crippen molar-refractivity contribution < 1.29 is 14.3 Å². The summed E-state index contributed by atoms with van der Waals surface area (Å²) in [6, 6.07) is 20.6. The molecule has 4 aromatic rings. The third-order valence-electron chi connectivity index (χ3n) is 5.81. The summed E-state index contributed by atoms with van der Waals surface area (Å²) in [7, 11) is 0. The van der Waals surface area contributed by atoms with Crippen molar-refractivity contribution in [2.45, 2.75) is 26.4 Å². The van der Waals surface area contributed by atoms with Gasteiger partial charge in [0, 0.05) is 30.0 Å². The highest BCUT2D eigenvalue weighted by Gasteiger charge is 2.19. The summed E-state index contributed by atoms with van der Waals surface area (Å²) in [5.74, 6) is -1.03. The number of halogens is 2. The van der Waals surface area contributed by atoms with Crippen LogP contribution in [-0.4, -0.2) is 23.4 Å². The van der Waals surface area contributed by atoms with Crippen molar-refractivity contribution in [2.75, 3.05) is 11.9 Å². The van der Waals surface area contributed by atoms with Crippen LogP contribution >= 0.6 is 34.0 Å². The van der Waals surface area contributed by atoms with Gasteiger partial charge in [-0.2, -0.15) is 0 Å². The SMILES string of the molecule is Br.Br.Cc1ccc(C(=O)OCc2ccc([C@@H](CN)C(=O)Nc3ccc4cnccc4c3)cc2)c(C)c1. The number of esters is 1. The zero-order valence-corrected chi connectivity index (χ0v) is 23.5. The molecular weight excluding hydrogens is 586 g/mol. The first-order valence-electron chi connectivity index (χ1n) is 11.1. The van der Waals surface area contributed by atoms with Gasteiger partial charge in [-0.3, -0.25) is 9.78 Å². The van der Waals surface area contributed by atoms with Gasteiger partial charge in [0.1, 0.15) is 6.61 Å². The van der Waals surface area contributed by atoms with E-state index >= 15 is 0 Å². The fraction of sp³-hybridized carbons (Fsp3) is 0.179. The number of hydrogen-bond acceptors (Lipinski definition) is 5. The Bertz CT molecular complexity index is 1340. The Kier molecular flexibility index (Phi) is 10.8.